The van der Waals surface area contributed by atoms with Crippen molar-refractivity contribution in [2.75, 3.05) is 13.1 Å². The lowest BCUT2D eigenvalue weighted by Gasteiger charge is -2.35. The molecule has 2 aliphatic rings. The highest BCUT2D eigenvalue weighted by molar-refractivity contribution is 7.96. The number of allylic oxidation sites excluding steroid dienone is 3. The Morgan fingerprint density at radius 1 is 1.21 bits per heavy atom. The number of amides is 1. The van der Waals surface area contributed by atoms with Crippen LogP contribution in [0, 0.1) is 11.8 Å². The van der Waals surface area contributed by atoms with Crippen molar-refractivity contribution in [3.63, 3.8) is 0 Å². The van der Waals surface area contributed by atoms with Gasteiger partial charge in [0.15, 0.2) is 9.84 Å². The van der Waals surface area contributed by atoms with E-state index in [0.717, 1.165) is 6.08 Å². The zero-order chi connectivity index (χ0) is 21.3. The van der Waals surface area contributed by atoms with Crippen LogP contribution in [-0.2, 0) is 14.6 Å². The molecule has 0 radical (unpaired) electrons. The summed E-state index contributed by atoms with van der Waals surface area (Å²) in [6, 6.07) is 0. The van der Waals surface area contributed by atoms with Gasteiger partial charge in [-0.05, 0) is 59.0 Å². The average Bonchev–Trinajstić information content (AvgIpc) is 2.59. The molecule has 1 aliphatic carbocycles. The molecule has 0 bridgehead atoms. The van der Waals surface area contributed by atoms with Crippen LogP contribution >= 0.6 is 0 Å². The van der Waals surface area contributed by atoms with Crippen LogP contribution in [0.15, 0.2) is 23.1 Å². The Labute approximate surface area is 164 Å². The SMILES string of the molecule is CC(C1CCN(C(=O)OC(C)(C)C)CC1)S(=O)(=O)C1=CC(C(F)(F)F)CC=C1. The number of ether oxygens (including phenoxy) is 1. The van der Waals surface area contributed by atoms with Crippen LogP contribution in [0.25, 0.3) is 0 Å². The van der Waals surface area contributed by atoms with Crippen molar-refractivity contribution in [3.05, 3.63) is 23.1 Å². The van der Waals surface area contributed by atoms with E-state index in [4.69, 9.17) is 4.74 Å². The normalized spacial score (nSPS) is 23.3. The summed E-state index contributed by atoms with van der Waals surface area (Å²) in [6.45, 7) is 7.57. The number of hydrogen-bond acceptors (Lipinski definition) is 4. The van der Waals surface area contributed by atoms with Gasteiger partial charge in [0.1, 0.15) is 5.60 Å². The van der Waals surface area contributed by atoms with Gasteiger partial charge in [0.05, 0.1) is 16.1 Å². The van der Waals surface area contributed by atoms with Crippen molar-refractivity contribution in [2.45, 2.75) is 64.0 Å². The number of piperidine rings is 1. The van der Waals surface area contributed by atoms with E-state index in [-0.39, 0.29) is 17.2 Å². The van der Waals surface area contributed by atoms with E-state index in [0.29, 0.717) is 25.9 Å². The Hall–Kier alpha value is -1.51. The summed E-state index contributed by atoms with van der Waals surface area (Å²) in [6.07, 6.45) is -0.876. The van der Waals surface area contributed by atoms with Gasteiger partial charge in [-0.15, -0.1) is 0 Å². The van der Waals surface area contributed by atoms with E-state index in [2.05, 4.69) is 0 Å². The van der Waals surface area contributed by atoms with Crippen LogP contribution in [-0.4, -0.2) is 49.5 Å². The van der Waals surface area contributed by atoms with Gasteiger partial charge in [-0.1, -0.05) is 12.2 Å². The molecule has 0 aromatic rings. The highest BCUT2D eigenvalue weighted by Gasteiger charge is 2.41. The molecule has 1 fully saturated rings. The molecular formula is C19H28F3NO4S. The van der Waals surface area contributed by atoms with Gasteiger partial charge in [0, 0.05) is 13.1 Å². The number of likely N-dealkylation sites (tertiary alicyclic amines) is 1. The van der Waals surface area contributed by atoms with Gasteiger partial charge >= 0.3 is 12.3 Å². The summed E-state index contributed by atoms with van der Waals surface area (Å²) in [7, 11) is -3.88. The van der Waals surface area contributed by atoms with Crippen molar-refractivity contribution < 1.29 is 31.1 Å². The lowest BCUT2D eigenvalue weighted by Crippen LogP contribution is -2.44. The van der Waals surface area contributed by atoms with Crippen molar-refractivity contribution in [1.82, 2.24) is 4.90 Å². The molecule has 1 saturated heterocycles. The number of hydrogen-bond donors (Lipinski definition) is 0. The van der Waals surface area contributed by atoms with Crippen molar-refractivity contribution in [3.8, 4) is 0 Å². The second-order valence-electron chi connectivity index (χ2n) is 8.41. The summed E-state index contributed by atoms with van der Waals surface area (Å²) >= 11 is 0. The third-order valence-corrected chi connectivity index (χ3v) is 7.42. The second-order valence-corrected chi connectivity index (χ2v) is 10.7. The van der Waals surface area contributed by atoms with Gasteiger partial charge in [-0.3, -0.25) is 0 Å². The number of alkyl halides is 3. The first kappa shape index (κ1) is 22.8. The molecule has 0 spiro atoms. The first-order chi connectivity index (χ1) is 12.7. The zero-order valence-electron chi connectivity index (χ0n) is 16.6. The summed E-state index contributed by atoms with van der Waals surface area (Å²) in [5.41, 5.74) is -0.612. The summed E-state index contributed by atoms with van der Waals surface area (Å²) in [4.78, 5) is 13.4. The maximum absolute atomic E-state index is 13.0. The fraction of sp³-hybridized carbons (Fsp3) is 0.737. The molecule has 0 N–H and O–H groups in total. The highest BCUT2D eigenvalue weighted by Crippen LogP contribution is 2.37. The maximum Gasteiger partial charge on any atom is 0.410 e. The van der Waals surface area contributed by atoms with Crippen LogP contribution in [0.5, 0.6) is 0 Å². The van der Waals surface area contributed by atoms with Gasteiger partial charge < -0.3 is 9.64 Å². The average molecular weight is 423 g/mol. The van der Waals surface area contributed by atoms with Crippen LogP contribution in [0.1, 0.15) is 47.0 Å². The monoisotopic (exact) mass is 423 g/mol. The quantitative estimate of drug-likeness (QED) is 0.672. The molecule has 2 atom stereocenters. The van der Waals surface area contributed by atoms with Gasteiger partial charge in [0.25, 0.3) is 0 Å². The smallest absolute Gasteiger partial charge is 0.410 e. The molecule has 1 aliphatic heterocycles. The van der Waals surface area contributed by atoms with Gasteiger partial charge in [0.2, 0.25) is 0 Å². The topological polar surface area (TPSA) is 63.7 Å². The number of carbonyl (C=O) groups excluding carboxylic acids is 1. The zero-order valence-corrected chi connectivity index (χ0v) is 17.4. The minimum absolute atomic E-state index is 0.232. The first-order valence-corrected chi connectivity index (χ1v) is 10.9. The largest absolute Gasteiger partial charge is 0.444 e. The fourth-order valence-electron chi connectivity index (χ4n) is 3.42. The molecule has 2 unspecified atom stereocenters. The molecular weight excluding hydrogens is 395 g/mol. The Morgan fingerprint density at radius 2 is 1.79 bits per heavy atom. The van der Waals surface area contributed by atoms with Crippen molar-refractivity contribution >= 4 is 15.9 Å². The Morgan fingerprint density at radius 3 is 2.29 bits per heavy atom. The lowest BCUT2D eigenvalue weighted by molar-refractivity contribution is -0.160. The molecule has 9 heteroatoms. The molecule has 2 rings (SSSR count). The third-order valence-electron chi connectivity index (χ3n) is 5.13. The highest BCUT2D eigenvalue weighted by atomic mass is 32.2. The number of carbonyl (C=O) groups is 1. The Balaban J connectivity index is 2.04. The predicted octanol–water partition coefficient (Wildman–Crippen LogP) is 4.46. The van der Waals surface area contributed by atoms with Crippen LogP contribution < -0.4 is 0 Å². The molecule has 0 saturated carbocycles. The summed E-state index contributed by atoms with van der Waals surface area (Å²) in [5, 5.41) is -0.823. The van der Waals surface area contributed by atoms with E-state index in [9.17, 15) is 26.4 Å². The third kappa shape index (κ3) is 5.52. The maximum atomic E-state index is 13.0. The number of halogens is 3. The van der Waals surface area contributed by atoms with E-state index in [1.54, 1.807) is 25.7 Å². The van der Waals surface area contributed by atoms with Crippen LogP contribution in [0.2, 0.25) is 0 Å². The number of sulfone groups is 1. The van der Waals surface area contributed by atoms with E-state index < -0.39 is 38.9 Å². The van der Waals surface area contributed by atoms with Gasteiger partial charge in [-0.25, -0.2) is 13.2 Å². The molecule has 28 heavy (non-hydrogen) atoms. The minimum atomic E-state index is -4.46. The Kier molecular flexibility index (Phi) is 6.57. The molecule has 5 nitrogen and oxygen atoms in total. The molecule has 0 aromatic heterocycles. The second kappa shape index (κ2) is 8.08. The minimum Gasteiger partial charge on any atom is -0.444 e. The molecule has 160 valence electrons. The standard InChI is InChI=1S/C19H28F3NO4S/c1-13(14-8-10-23(11-9-14)17(24)27-18(2,3)4)28(25,26)16-7-5-6-15(12-16)19(20,21)22/h5,7,12-15H,6,8-11H2,1-4H3. The number of nitrogens with zero attached hydrogens (tertiary/aromatic N) is 1. The summed E-state index contributed by atoms with van der Waals surface area (Å²) < 4.78 is 70.0. The summed E-state index contributed by atoms with van der Waals surface area (Å²) in [5.74, 6) is -2.01. The lowest BCUT2D eigenvalue weighted by atomic mass is 9.94. The molecule has 0 aromatic carbocycles. The first-order valence-electron chi connectivity index (χ1n) is 9.38. The van der Waals surface area contributed by atoms with Crippen LogP contribution in [0.3, 0.4) is 0 Å². The van der Waals surface area contributed by atoms with Gasteiger partial charge in [-0.2, -0.15) is 13.2 Å². The molecule has 1 amide bonds. The van der Waals surface area contributed by atoms with E-state index in [1.807, 2.05) is 0 Å². The Bertz CT molecular complexity index is 742. The molecule has 1 heterocycles. The van der Waals surface area contributed by atoms with E-state index in [1.165, 1.54) is 19.1 Å². The van der Waals surface area contributed by atoms with E-state index >= 15 is 0 Å². The van der Waals surface area contributed by atoms with Crippen molar-refractivity contribution in [1.29, 1.82) is 0 Å². The predicted molar refractivity (Wildman–Crippen MR) is 100 cm³/mol. The number of rotatable bonds is 3. The van der Waals surface area contributed by atoms with Crippen LogP contribution in [0.4, 0.5) is 18.0 Å². The fourth-order valence-corrected chi connectivity index (χ4v) is 5.26. The van der Waals surface area contributed by atoms with Crippen molar-refractivity contribution in [2.24, 2.45) is 11.8 Å².